The molecule has 0 aliphatic carbocycles. The van der Waals surface area contributed by atoms with Crippen LogP contribution in [0.4, 0.5) is 25.7 Å². The predicted molar refractivity (Wildman–Crippen MR) is 116 cm³/mol. The summed E-state index contributed by atoms with van der Waals surface area (Å²) < 4.78 is 14.4. The molecule has 3 aromatic carbocycles. The normalized spacial score (nSPS) is 12.9. The van der Waals surface area contributed by atoms with E-state index in [0.717, 1.165) is 16.2 Å². The van der Waals surface area contributed by atoms with Gasteiger partial charge in [0.25, 0.3) is 11.8 Å². The van der Waals surface area contributed by atoms with Crippen LogP contribution in [0.3, 0.4) is 0 Å². The first-order valence-electron chi connectivity index (χ1n) is 9.22. The topological polar surface area (TPSA) is 91.4 Å². The third-order valence-corrected chi connectivity index (χ3v) is 5.75. The van der Waals surface area contributed by atoms with Gasteiger partial charge in [0.15, 0.2) is 0 Å². The molecule has 0 atom stereocenters. The number of para-hydroxylation sites is 1. The van der Waals surface area contributed by atoms with Gasteiger partial charge in [-0.3, -0.25) is 9.59 Å². The number of benzene rings is 3. The highest BCUT2D eigenvalue weighted by molar-refractivity contribution is 7.22. The zero-order valence-corrected chi connectivity index (χ0v) is 16.6. The molecule has 0 saturated heterocycles. The number of nitrogens with zero attached hydrogens (tertiary/aromatic N) is 2. The van der Waals surface area contributed by atoms with E-state index < -0.39 is 23.7 Å². The molecule has 152 valence electrons. The van der Waals surface area contributed by atoms with E-state index in [0.29, 0.717) is 27.0 Å². The van der Waals surface area contributed by atoms with Crippen LogP contribution in [0.1, 0.15) is 20.7 Å². The second-order valence-corrected chi connectivity index (χ2v) is 7.74. The molecule has 0 saturated carbocycles. The number of thiazole rings is 1. The van der Waals surface area contributed by atoms with E-state index in [-0.39, 0.29) is 10.8 Å². The Balaban J connectivity index is 1.39. The van der Waals surface area contributed by atoms with E-state index in [1.165, 1.54) is 18.2 Å². The van der Waals surface area contributed by atoms with Crippen molar-refractivity contribution in [2.45, 2.75) is 0 Å². The summed E-state index contributed by atoms with van der Waals surface area (Å²) in [5, 5.41) is 5.34. The molecule has 9 heteroatoms. The molecule has 0 bridgehead atoms. The van der Waals surface area contributed by atoms with E-state index in [1.807, 2.05) is 0 Å². The molecule has 7 nitrogen and oxygen atoms in total. The molecule has 0 fully saturated rings. The molecule has 2 heterocycles. The lowest BCUT2D eigenvalue weighted by atomic mass is 10.1. The lowest BCUT2D eigenvalue weighted by molar-refractivity contribution is 0.0926. The van der Waals surface area contributed by atoms with Crippen LogP contribution in [0.2, 0.25) is 0 Å². The molecule has 31 heavy (non-hydrogen) atoms. The first kappa shape index (κ1) is 18.9. The maximum Gasteiger partial charge on any atom is 0.323 e. The van der Waals surface area contributed by atoms with Crippen molar-refractivity contribution in [3.05, 3.63) is 83.7 Å². The summed E-state index contributed by atoms with van der Waals surface area (Å²) >= 11 is 1.16. The lowest BCUT2D eigenvalue weighted by Gasteiger charge is -2.08. The van der Waals surface area contributed by atoms with Crippen LogP contribution in [0.15, 0.2) is 66.7 Å². The van der Waals surface area contributed by atoms with Crippen LogP contribution in [-0.2, 0) is 0 Å². The Morgan fingerprint density at radius 2 is 1.58 bits per heavy atom. The molecular formula is C22H13FN4O3S. The van der Waals surface area contributed by atoms with Crippen molar-refractivity contribution in [3.63, 3.8) is 0 Å². The van der Waals surface area contributed by atoms with Gasteiger partial charge in [-0.05, 0) is 42.5 Å². The van der Waals surface area contributed by atoms with E-state index in [2.05, 4.69) is 15.6 Å². The van der Waals surface area contributed by atoms with Gasteiger partial charge in [0.05, 0.1) is 27.0 Å². The Hall–Kier alpha value is -4.11. The molecule has 0 unspecified atom stereocenters. The second kappa shape index (κ2) is 7.29. The van der Waals surface area contributed by atoms with Crippen LogP contribution < -0.4 is 15.5 Å². The van der Waals surface area contributed by atoms with Crippen LogP contribution >= 0.6 is 11.3 Å². The summed E-state index contributed by atoms with van der Waals surface area (Å²) in [6.45, 7) is 0. The zero-order chi connectivity index (χ0) is 21.5. The summed E-state index contributed by atoms with van der Waals surface area (Å²) in [7, 11) is 0. The number of anilines is 3. The Kier molecular flexibility index (Phi) is 4.45. The van der Waals surface area contributed by atoms with Gasteiger partial charge in [-0.15, -0.1) is 0 Å². The van der Waals surface area contributed by atoms with E-state index in [1.54, 1.807) is 48.5 Å². The third-order valence-electron chi connectivity index (χ3n) is 4.74. The van der Waals surface area contributed by atoms with Gasteiger partial charge in [-0.1, -0.05) is 35.6 Å². The van der Waals surface area contributed by atoms with E-state index >= 15 is 0 Å². The SMILES string of the molecule is O=C(Nc1ccc2nc(N3C(=O)c4ccccc4C3=O)sc2c1)Nc1ccccc1F. The molecule has 2 N–H and O–H groups in total. The summed E-state index contributed by atoms with van der Waals surface area (Å²) in [4.78, 5) is 43.0. The number of nitrogens with one attached hydrogen (secondary N) is 2. The standard InChI is InChI=1S/C22H13FN4O3S/c23-15-7-3-4-8-16(15)25-21(30)24-12-9-10-17-18(11-12)31-22(26-17)27-19(28)13-5-1-2-6-14(13)20(27)29/h1-11H,(H2,24,25,30). The number of carbonyl (C=O) groups excluding carboxylic acids is 3. The number of halogens is 1. The van der Waals surface area contributed by atoms with Gasteiger partial charge in [0.1, 0.15) is 5.82 Å². The number of imide groups is 1. The number of rotatable bonds is 3. The first-order chi connectivity index (χ1) is 15.0. The van der Waals surface area contributed by atoms with Crippen molar-refractivity contribution >= 4 is 55.9 Å². The minimum Gasteiger partial charge on any atom is -0.308 e. The summed E-state index contributed by atoms with van der Waals surface area (Å²) in [6, 6.07) is 16.9. The highest BCUT2D eigenvalue weighted by atomic mass is 32.1. The maximum atomic E-state index is 13.7. The summed E-state index contributed by atoms with van der Waals surface area (Å²) in [6.07, 6.45) is 0. The van der Waals surface area contributed by atoms with Gasteiger partial charge in [0.2, 0.25) is 5.13 Å². The van der Waals surface area contributed by atoms with Gasteiger partial charge in [-0.25, -0.2) is 19.1 Å². The molecule has 1 aliphatic heterocycles. The first-order valence-corrected chi connectivity index (χ1v) is 10.0. The van der Waals surface area contributed by atoms with Gasteiger partial charge in [-0.2, -0.15) is 0 Å². The Morgan fingerprint density at radius 3 is 2.29 bits per heavy atom. The quantitative estimate of drug-likeness (QED) is 0.452. The Morgan fingerprint density at radius 1 is 0.903 bits per heavy atom. The third kappa shape index (κ3) is 3.30. The van der Waals surface area contributed by atoms with Crippen molar-refractivity contribution < 1.29 is 18.8 Å². The minimum absolute atomic E-state index is 0.0618. The molecular weight excluding hydrogens is 419 g/mol. The molecule has 1 aromatic heterocycles. The molecule has 5 rings (SSSR count). The number of amides is 4. The molecule has 0 radical (unpaired) electrons. The van der Waals surface area contributed by atoms with Crippen molar-refractivity contribution in [1.82, 2.24) is 4.98 Å². The highest BCUT2D eigenvalue weighted by Gasteiger charge is 2.38. The molecule has 4 amide bonds. The lowest BCUT2D eigenvalue weighted by Crippen LogP contribution is -2.29. The number of hydrogen-bond acceptors (Lipinski definition) is 5. The highest BCUT2D eigenvalue weighted by Crippen LogP contribution is 2.35. The Labute approximate surface area is 179 Å². The number of urea groups is 1. The van der Waals surface area contributed by atoms with Crippen LogP contribution in [0, 0.1) is 5.82 Å². The van der Waals surface area contributed by atoms with Gasteiger partial charge < -0.3 is 10.6 Å². The number of aromatic nitrogens is 1. The van der Waals surface area contributed by atoms with Gasteiger partial charge in [0, 0.05) is 5.69 Å². The summed E-state index contributed by atoms with van der Waals surface area (Å²) in [5.74, 6) is -1.37. The van der Waals surface area contributed by atoms with Crippen LogP contribution in [0.25, 0.3) is 10.2 Å². The number of carbonyl (C=O) groups is 3. The minimum atomic E-state index is -0.602. The average molecular weight is 432 g/mol. The fraction of sp³-hybridized carbons (Fsp3) is 0. The number of hydrogen-bond donors (Lipinski definition) is 2. The second-order valence-electron chi connectivity index (χ2n) is 6.73. The summed E-state index contributed by atoms with van der Waals surface area (Å²) in [5.41, 5.74) is 1.79. The zero-order valence-electron chi connectivity index (χ0n) is 15.8. The van der Waals surface area contributed by atoms with Crippen LogP contribution in [0.5, 0.6) is 0 Å². The fourth-order valence-corrected chi connectivity index (χ4v) is 4.30. The molecule has 0 spiro atoms. The fourth-order valence-electron chi connectivity index (χ4n) is 3.30. The van der Waals surface area contributed by atoms with Crippen molar-refractivity contribution in [2.24, 2.45) is 0 Å². The smallest absolute Gasteiger partial charge is 0.308 e. The largest absolute Gasteiger partial charge is 0.323 e. The number of fused-ring (bicyclic) bond motifs is 2. The monoisotopic (exact) mass is 432 g/mol. The van der Waals surface area contributed by atoms with Gasteiger partial charge >= 0.3 is 6.03 Å². The molecule has 4 aromatic rings. The van der Waals surface area contributed by atoms with Crippen molar-refractivity contribution in [2.75, 3.05) is 15.5 Å². The average Bonchev–Trinajstić information content (AvgIpc) is 3.28. The van der Waals surface area contributed by atoms with E-state index in [4.69, 9.17) is 0 Å². The van der Waals surface area contributed by atoms with Crippen molar-refractivity contribution in [3.8, 4) is 0 Å². The maximum absolute atomic E-state index is 13.7. The van der Waals surface area contributed by atoms with Crippen LogP contribution in [-0.4, -0.2) is 22.8 Å². The van der Waals surface area contributed by atoms with E-state index in [9.17, 15) is 18.8 Å². The van der Waals surface area contributed by atoms with Crippen molar-refractivity contribution in [1.29, 1.82) is 0 Å². The Bertz CT molecular complexity index is 1350. The predicted octanol–water partition coefficient (Wildman–Crippen LogP) is 4.88. The molecule has 1 aliphatic rings.